The number of aromatic nitrogens is 2. The quantitative estimate of drug-likeness (QED) is 0.0199. The van der Waals surface area contributed by atoms with Crippen LogP contribution in [0.3, 0.4) is 0 Å². The van der Waals surface area contributed by atoms with Gasteiger partial charge in [0.05, 0.1) is 0 Å². The topological polar surface area (TPSA) is 210 Å². The smallest absolute Gasteiger partial charge is 0.349 e. The Labute approximate surface area is 678 Å². The van der Waals surface area contributed by atoms with Crippen molar-refractivity contribution >= 4 is 91.8 Å². The third-order valence-corrected chi connectivity index (χ3v) is 22.4. The van der Waals surface area contributed by atoms with Gasteiger partial charge < -0.3 is 28.1 Å². The van der Waals surface area contributed by atoms with E-state index in [1.807, 2.05) is 97.1 Å². The molecule has 6 aromatic carbocycles. The summed E-state index contributed by atoms with van der Waals surface area (Å²) >= 11 is 0. The maximum absolute atomic E-state index is 13.7. The standard InChI is InChI=1S/C100H122N6O8/c1-3-5-7-9-11-13-15-17-19-21-23-25-27-29-31-33-35-37-39-41-59-105-93-55-51-81-61-85(69-101)97(107)111-73-77-43-47-79(48-44-77)75-113-99(109)87(71-103)63-83-53-57-95-91(67-83)92-68-84(54-58-96(92)106(95)60-42-40-38-36-34-32-30-28-26-24-22-20-18-16-14-12-10-8-6-4-2)64-88(72-104)100(110)114-76-80-49-45-78(46-50-80)74-112-98(108)86(70-102)62-82-52-56-94(105)90(66-82)89(93)65-81/h43-58,61-68H,3-42,59-60,73-76H2,1-2H3. The number of nitrogens with zero attached hydrogens (tertiary/aromatic N) is 6. The highest BCUT2D eigenvalue weighted by Crippen LogP contribution is 2.36. The molecule has 0 atom stereocenters. The van der Waals surface area contributed by atoms with E-state index in [0.29, 0.717) is 44.5 Å². The van der Waals surface area contributed by atoms with Crippen LogP contribution in [0.2, 0.25) is 0 Å². The first-order valence-electron chi connectivity index (χ1n) is 43.4. The lowest BCUT2D eigenvalue weighted by molar-refractivity contribution is -0.140. The predicted molar refractivity (Wildman–Crippen MR) is 461 cm³/mol. The van der Waals surface area contributed by atoms with Gasteiger partial charge in [-0.05, 0) is 130 Å². The number of ether oxygens (including phenoxy) is 4. The fraction of sp³-hybridized carbons (Fsp3) is 0.480. The third-order valence-electron chi connectivity index (χ3n) is 22.4. The number of esters is 4. The van der Waals surface area contributed by atoms with Crippen LogP contribution < -0.4 is 0 Å². The van der Waals surface area contributed by atoms with Gasteiger partial charge in [-0.1, -0.05) is 331 Å². The van der Waals surface area contributed by atoms with Gasteiger partial charge in [0, 0.05) is 56.7 Å². The molecular formula is C100H122N6O8. The number of rotatable bonds is 42. The fourth-order valence-electron chi connectivity index (χ4n) is 15.8. The van der Waals surface area contributed by atoms with Crippen molar-refractivity contribution < 1.29 is 38.1 Å². The number of carbonyl (C=O) groups excluding carboxylic acids is 4. The molecule has 12 bridgehead atoms. The van der Waals surface area contributed by atoms with Gasteiger partial charge in [-0.25, -0.2) is 19.2 Å². The Morgan fingerprint density at radius 3 is 0.605 bits per heavy atom. The lowest BCUT2D eigenvalue weighted by Crippen LogP contribution is -2.08. The first-order valence-corrected chi connectivity index (χ1v) is 43.4. The van der Waals surface area contributed by atoms with E-state index in [-0.39, 0.29) is 48.7 Å². The number of benzene rings is 6. The monoisotopic (exact) mass is 1530 g/mol. The summed E-state index contributed by atoms with van der Waals surface area (Å²) in [7, 11) is 0. The summed E-state index contributed by atoms with van der Waals surface area (Å²) in [6.45, 7) is 5.53. The number of carbonyl (C=O) groups is 4. The molecule has 12 rings (SSSR count). The molecule has 0 amide bonds. The van der Waals surface area contributed by atoms with E-state index in [0.717, 1.165) is 95.2 Å². The summed E-state index contributed by atoms with van der Waals surface area (Å²) in [5, 5.41) is 45.0. The molecule has 114 heavy (non-hydrogen) atoms. The number of hydrogen-bond donors (Lipinski definition) is 0. The Kier molecular flexibility index (Phi) is 38.5. The molecule has 0 N–H and O–H groups in total. The van der Waals surface area contributed by atoms with Gasteiger partial charge in [0.25, 0.3) is 0 Å². The minimum atomic E-state index is -0.803. The van der Waals surface area contributed by atoms with Crippen LogP contribution in [-0.2, 0) is 77.6 Å². The molecule has 4 aliphatic rings. The molecule has 4 aliphatic heterocycles. The second-order valence-corrected chi connectivity index (χ2v) is 31.5. The van der Waals surface area contributed by atoms with Crippen molar-refractivity contribution in [1.29, 1.82) is 21.0 Å². The van der Waals surface area contributed by atoms with Gasteiger partial charge in [0.1, 0.15) is 73.0 Å². The average molecular weight is 1540 g/mol. The minimum Gasteiger partial charge on any atom is -0.457 e. The zero-order chi connectivity index (χ0) is 80.2. The SMILES string of the molecule is CCCCCCCCCCCCCCCCCCCCCCn1c2ccc3cc2c2cc(ccc21)C=C(C#N)C(=O)OCc1ccc(cc1)COC(=O)C(C#N)=Cc1ccc2c(c1)c1cc(ccc1n2CCCCCCCCCCCCCCCCCCCCCC)C=C(C#N)C(=O)OCc1ccc(cc1)COC(=O)C(C#N)=C3. The van der Waals surface area contributed by atoms with Crippen LogP contribution in [0.15, 0.2) is 144 Å². The molecule has 14 heteroatoms. The first-order chi connectivity index (χ1) is 56.0. The highest BCUT2D eigenvalue weighted by Gasteiger charge is 2.21. The van der Waals surface area contributed by atoms with E-state index in [1.165, 1.54) is 243 Å². The highest BCUT2D eigenvalue weighted by molar-refractivity contribution is 6.12. The second-order valence-electron chi connectivity index (χ2n) is 31.5. The largest absolute Gasteiger partial charge is 0.457 e. The number of aryl methyl sites for hydroxylation is 2. The van der Waals surface area contributed by atoms with Crippen molar-refractivity contribution in [3.8, 4) is 24.3 Å². The van der Waals surface area contributed by atoms with Gasteiger partial charge in [-0.2, -0.15) is 21.0 Å². The van der Waals surface area contributed by atoms with E-state index < -0.39 is 23.9 Å². The Balaban J connectivity index is 0.854. The molecule has 0 radical (unpaired) electrons. The molecule has 2 aromatic heterocycles. The van der Waals surface area contributed by atoms with Crippen molar-refractivity contribution in [2.24, 2.45) is 0 Å². The molecule has 0 saturated heterocycles. The first kappa shape index (κ1) is 87.7. The zero-order valence-electron chi connectivity index (χ0n) is 68.3. The zero-order valence-corrected chi connectivity index (χ0v) is 68.3. The summed E-state index contributed by atoms with van der Waals surface area (Å²) in [6.07, 6.45) is 58.3. The minimum absolute atomic E-state index is 0.136. The lowest BCUT2D eigenvalue weighted by atomic mass is 10.0. The van der Waals surface area contributed by atoms with Crippen molar-refractivity contribution in [2.45, 2.75) is 310 Å². The summed E-state index contributed by atoms with van der Waals surface area (Å²) < 4.78 is 27.4. The average Bonchev–Trinajstić information content (AvgIpc) is 1.61. The summed E-state index contributed by atoms with van der Waals surface area (Å²) in [6, 6.07) is 45.4. The molecule has 0 aliphatic carbocycles. The maximum atomic E-state index is 13.7. The Morgan fingerprint density at radius 2 is 0.430 bits per heavy atom. The summed E-state index contributed by atoms with van der Waals surface area (Å²) in [5.74, 6) is -3.21. The molecule has 0 spiro atoms. The van der Waals surface area contributed by atoms with E-state index in [2.05, 4.69) is 23.0 Å². The second kappa shape index (κ2) is 50.1. The van der Waals surface area contributed by atoms with Crippen molar-refractivity contribution in [3.63, 3.8) is 0 Å². The molecule has 8 aromatic rings. The van der Waals surface area contributed by atoms with E-state index in [1.54, 1.807) is 48.5 Å². The van der Waals surface area contributed by atoms with Crippen molar-refractivity contribution in [3.05, 3.63) is 188 Å². The molecule has 600 valence electrons. The summed E-state index contributed by atoms with van der Waals surface area (Å²) in [5.41, 5.74) is 7.99. The van der Waals surface area contributed by atoms with E-state index in [4.69, 9.17) is 18.9 Å². The number of hydrogen-bond acceptors (Lipinski definition) is 12. The molecule has 6 heterocycles. The molecule has 0 unspecified atom stereocenters. The molecule has 0 saturated carbocycles. The van der Waals surface area contributed by atoms with Gasteiger partial charge in [-0.15, -0.1) is 0 Å². The molecule has 0 fully saturated rings. The predicted octanol–water partition coefficient (Wildman–Crippen LogP) is 26.5. The molecule has 14 nitrogen and oxygen atoms in total. The van der Waals surface area contributed by atoms with Crippen LogP contribution in [0, 0.1) is 45.3 Å². The normalized spacial score (nSPS) is 13.5. The Morgan fingerprint density at radius 1 is 0.254 bits per heavy atom. The molecular weight excluding hydrogens is 1410 g/mol. The van der Waals surface area contributed by atoms with E-state index >= 15 is 0 Å². The Bertz CT molecular complexity index is 4160. The van der Waals surface area contributed by atoms with Gasteiger partial charge in [0.2, 0.25) is 0 Å². The summed E-state index contributed by atoms with van der Waals surface area (Å²) in [4.78, 5) is 54.7. The van der Waals surface area contributed by atoms with Crippen LogP contribution in [0.1, 0.15) is 315 Å². The van der Waals surface area contributed by atoms with Crippen LogP contribution in [0.5, 0.6) is 0 Å². The third kappa shape index (κ3) is 28.7. The van der Waals surface area contributed by atoms with Crippen LogP contribution >= 0.6 is 0 Å². The van der Waals surface area contributed by atoms with Gasteiger partial charge in [0.15, 0.2) is 0 Å². The Hall–Kier alpha value is -10.3. The van der Waals surface area contributed by atoms with E-state index in [9.17, 15) is 40.2 Å². The maximum Gasteiger partial charge on any atom is 0.349 e. The van der Waals surface area contributed by atoms with Crippen molar-refractivity contribution in [1.82, 2.24) is 9.13 Å². The number of unbranched alkanes of at least 4 members (excludes halogenated alkanes) is 38. The van der Waals surface area contributed by atoms with Gasteiger partial charge >= 0.3 is 23.9 Å². The highest BCUT2D eigenvalue weighted by atomic mass is 16.5. The fourth-order valence-corrected chi connectivity index (χ4v) is 15.8. The van der Waals surface area contributed by atoms with Gasteiger partial charge in [-0.3, -0.25) is 0 Å². The van der Waals surface area contributed by atoms with Crippen LogP contribution in [0.4, 0.5) is 0 Å². The van der Waals surface area contributed by atoms with Crippen LogP contribution in [-0.4, -0.2) is 33.0 Å². The lowest BCUT2D eigenvalue weighted by Gasteiger charge is -2.09. The number of nitriles is 4. The van der Waals surface area contributed by atoms with Crippen molar-refractivity contribution in [2.75, 3.05) is 0 Å². The van der Waals surface area contributed by atoms with Crippen LogP contribution in [0.25, 0.3) is 67.9 Å².